The zero-order valence-corrected chi connectivity index (χ0v) is 11.3. The lowest BCUT2D eigenvalue weighted by Gasteiger charge is -2.30. The van der Waals surface area contributed by atoms with Gasteiger partial charge in [0.25, 0.3) is 5.91 Å². The maximum atomic E-state index is 12.4. The first kappa shape index (κ1) is 12.0. The fraction of sp³-hybridized carbons (Fsp3) is 0.533. The summed E-state index contributed by atoms with van der Waals surface area (Å²) < 4.78 is 16.3. The van der Waals surface area contributed by atoms with Gasteiger partial charge >= 0.3 is 0 Å². The van der Waals surface area contributed by atoms with Crippen molar-refractivity contribution in [1.82, 2.24) is 4.90 Å². The second kappa shape index (κ2) is 4.66. The maximum absolute atomic E-state index is 12.4. The lowest BCUT2D eigenvalue weighted by Crippen LogP contribution is -2.41. The predicted molar refractivity (Wildman–Crippen MR) is 70.7 cm³/mol. The third-order valence-electron chi connectivity index (χ3n) is 4.22. The van der Waals surface area contributed by atoms with E-state index in [9.17, 15) is 4.79 Å². The largest absolute Gasteiger partial charge is 0.454 e. The van der Waals surface area contributed by atoms with E-state index >= 15 is 0 Å². The molecule has 1 unspecified atom stereocenters. The van der Waals surface area contributed by atoms with Crippen LogP contribution in [-0.2, 0) is 22.5 Å². The second-order valence-corrected chi connectivity index (χ2v) is 5.49. The summed E-state index contributed by atoms with van der Waals surface area (Å²) in [5.74, 6) is 1.74. The number of carbonyl (C=O) groups is 1. The van der Waals surface area contributed by atoms with Crippen LogP contribution in [0.1, 0.15) is 24.0 Å². The Morgan fingerprint density at radius 3 is 2.75 bits per heavy atom. The zero-order chi connectivity index (χ0) is 13.5. The van der Waals surface area contributed by atoms with Crippen LogP contribution in [0, 0.1) is 0 Å². The summed E-state index contributed by atoms with van der Waals surface area (Å²) in [5, 5.41) is 0. The van der Waals surface area contributed by atoms with Gasteiger partial charge < -0.3 is 19.1 Å². The van der Waals surface area contributed by atoms with E-state index in [1.54, 1.807) is 0 Å². The second-order valence-electron chi connectivity index (χ2n) is 5.49. The average Bonchev–Trinajstić information content (AvgIpc) is 3.14. The molecule has 5 heteroatoms. The predicted octanol–water partition coefficient (Wildman–Crippen LogP) is 1.48. The molecule has 3 aliphatic rings. The van der Waals surface area contributed by atoms with Crippen LogP contribution >= 0.6 is 0 Å². The summed E-state index contributed by atoms with van der Waals surface area (Å²) in [6.07, 6.45) is 2.47. The number of ether oxygens (including phenoxy) is 3. The standard InChI is InChI=1S/C15H17NO4/c17-15(12-2-1-5-18-12)16-4-3-10-6-13-14(20-9-19-13)7-11(10)8-16/h6-7,12H,1-5,8-9H2. The Morgan fingerprint density at radius 2 is 2.00 bits per heavy atom. The van der Waals surface area contributed by atoms with Gasteiger partial charge in [0.15, 0.2) is 11.5 Å². The highest BCUT2D eigenvalue weighted by Crippen LogP contribution is 2.37. The van der Waals surface area contributed by atoms with Gasteiger partial charge in [-0.3, -0.25) is 4.79 Å². The van der Waals surface area contributed by atoms with Crippen molar-refractivity contribution >= 4 is 5.91 Å². The van der Waals surface area contributed by atoms with Crippen molar-refractivity contribution in [2.24, 2.45) is 0 Å². The topological polar surface area (TPSA) is 48.0 Å². The van der Waals surface area contributed by atoms with Crippen LogP contribution in [-0.4, -0.2) is 36.9 Å². The number of hydrogen-bond acceptors (Lipinski definition) is 4. The Morgan fingerprint density at radius 1 is 1.20 bits per heavy atom. The van der Waals surface area contributed by atoms with Crippen molar-refractivity contribution in [2.75, 3.05) is 19.9 Å². The van der Waals surface area contributed by atoms with Crippen LogP contribution in [0.5, 0.6) is 11.5 Å². The van der Waals surface area contributed by atoms with Crippen molar-refractivity contribution in [3.63, 3.8) is 0 Å². The van der Waals surface area contributed by atoms with Gasteiger partial charge in [0, 0.05) is 19.7 Å². The fourth-order valence-electron chi connectivity index (χ4n) is 3.11. The van der Waals surface area contributed by atoms with Gasteiger partial charge in [-0.05, 0) is 42.5 Å². The molecule has 106 valence electrons. The molecule has 1 saturated heterocycles. The van der Waals surface area contributed by atoms with Crippen LogP contribution in [0.3, 0.4) is 0 Å². The lowest BCUT2D eigenvalue weighted by atomic mass is 9.98. The third kappa shape index (κ3) is 1.93. The summed E-state index contributed by atoms with van der Waals surface area (Å²) in [4.78, 5) is 14.3. The van der Waals surface area contributed by atoms with Gasteiger partial charge in [-0.25, -0.2) is 0 Å². The Balaban J connectivity index is 1.55. The van der Waals surface area contributed by atoms with Crippen LogP contribution in [0.2, 0.25) is 0 Å². The monoisotopic (exact) mass is 275 g/mol. The van der Waals surface area contributed by atoms with Gasteiger partial charge in [-0.1, -0.05) is 0 Å². The highest BCUT2D eigenvalue weighted by atomic mass is 16.7. The van der Waals surface area contributed by atoms with E-state index in [-0.39, 0.29) is 18.8 Å². The summed E-state index contributed by atoms with van der Waals surface area (Å²) in [6, 6.07) is 4.05. The fourth-order valence-corrected chi connectivity index (χ4v) is 3.11. The number of fused-ring (bicyclic) bond motifs is 2. The van der Waals surface area contributed by atoms with Gasteiger partial charge in [-0.15, -0.1) is 0 Å². The number of nitrogens with zero attached hydrogens (tertiary/aromatic N) is 1. The summed E-state index contributed by atoms with van der Waals surface area (Å²) >= 11 is 0. The molecule has 0 aliphatic carbocycles. The van der Waals surface area contributed by atoms with Gasteiger partial charge in [0.2, 0.25) is 6.79 Å². The quantitative estimate of drug-likeness (QED) is 0.779. The molecule has 0 bridgehead atoms. The molecule has 0 radical (unpaired) electrons. The first-order valence-electron chi connectivity index (χ1n) is 7.13. The average molecular weight is 275 g/mol. The number of amides is 1. The van der Waals surface area contributed by atoms with Crippen molar-refractivity contribution in [3.8, 4) is 11.5 Å². The minimum absolute atomic E-state index is 0.130. The van der Waals surface area contributed by atoms with E-state index in [0.717, 1.165) is 42.9 Å². The molecule has 5 nitrogen and oxygen atoms in total. The number of rotatable bonds is 1. The molecule has 0 spiro atoms. The molecule has 3 heterocycles. The Bertz CT molecular complexity index is 551. The van der Waals surface area contributed by atoms with Crippen molar-refractivity contribution in [2.45, 2.75) is 31.9 Å². The molecule has 1 atom stereocenters. The Labute approximate surface area is 117 Å². The smallest absolute Gasteiger partial charge is 0.252 e. The summed E-state index contributed by atoms with van der Waals surface area (Å²) in [7, 11) is 0. The zero-order valence-electron chi connectivity index (χ0n) is 11.3. The lowest BCUT2D eigenvalue weighted by molar-refractivity contribution is -0.141. The van der Waals surface area contributed by atoms with E-state index in [4.69, 9.17) is 14.2 Å². The van der Waals surface area contributed by atoms with E-state index in [0.29, 0.717) is 13.2 Å². The van der Waals surface area contributed by atoms with E-state index < -0.39 is 0 Å². The first-order chi connectivity index (χ1) is 9.81. The molecular weight excluding hydrogens is 258 g/mol. The Kier molecular flexibility index (Phi) is 2.80. The van der Waals surface area contributed by atoms with E-state index in [1.807, 2.05) is 17.0 Å². The molecule has 20 heavy (non-hydrogen) atoms. The van der Waals surface area contributed by atoms with Crippen molar-refractivity contribution < 1.29 is 19.0 Å². The molecular formula is C15H17NO4. The van der Waals surface area contributed by atoms with Gasteiger partial charge in [0.05, 0.1) is 0 Å². The highest BCUT2D eigenvalue weighted by Gasteiger charge is 2.31. The third-order valence-corrected chi connectivity index (χ3v) is 4.22. The minimum Gasteiger partial charge on any atom is -0.454 e. The van der Waals surface area contributed by atoms with Crippen LogP contribution < -0.4 is 9.47 Å². The molecule has 4 rings (SSSR count). The molecule has 1 aromatic rings. The summed E-state index contributed by atoms with van der Waals surface area (Å²) in [5.41, 5.74) is 2.41. The van der Waals surface area contributed by atoms with Crippen molar-refractivity contribution in [1.29, 1.82) is 0 Å². The van der Waals surface area contributed by atoms with Crippen LogP contribution in [0.15, 0.2) is 12.1 Å². The SMILES string of the molecule is O=C(C1CCCO1)N1CCc2cc3c(cc2C1)OCO3. The van der Waals surface area contributed by atoms with E-state index in [2.05, 4.69) is 0 Å². The minimum atomic E-state index is -0.231. The molecule has 0 aromatic heterocycles. The van der Waals surface area contributed by atoms with Crippen molar-refractivity contribution in [3.05, 3.63) is 23.3 Å². The van der Waals surface area contributed by atoms with Crippen LogP contribution in [0.4, 0.5) is 0 Å². The number of hydrogen-bond donors (Lipinski definition) is 0. The highest BCUT2D eigenvalue weighted by molar-refractivity contribution is 5.81. The molecule has 0 saturated carbocycles. The molecule has 1 aromatic carbocycles. The van der Waals surface area contributed by atoms with Gasteiger partial charge in [-0.2, -0.15) is 0 Å². The molecule has 1 amide bonds. The Hall–Kier alpha value is -1.75. The van der Waals surface area contributed by atoms with E-state index in [1.165, 1.54) is 5.56 Å². The number of carbonyl (C=O) groups excluding carboxylic acids is 1. The summed E-state index contributed by atoms with van der Waals surface area (Å²) in [6.45, 7) is 2.40. The number of benzene rings is 1. The normalized spacial score (nSPS) is 23.8. The van der Waals surface area contributed by atoms with Gasteiger partial charge in [0.1, 0.15) is 6.10 Å². The maximum Gasteiger partial charge on any atom is 0.252 e. The molecule has 3 aliphatic heterocycles. The molecule has 1 fully saturated rings. The molecule has 0 N–H and O–H groups in total. The van der Waals surface area contributed by atoms with Crippen LogP contribution in [0.25, 0.3) is 0 Å². The first-order valence-corrected chi connectivity index (χ1v) is 7.13.